The van der Waals surface area contributed by atoms with E-state index in [1.807, 2.05) is 0 Å². The van der Waals surface area contributed by atoms with E-state index in [0.29, 0.717) is 0 Å². The minimum absolute atomic E-state index is 0.00122. The molecule has 0 saturated heterocycles. The highest BCUT2D eigenvalue weighted by Crippen LogP contribution is 2.31. The highest BCUT2D eigenvalue weighted by Gasteiger charge is 2.14. The third-order valence-electron chi connectivity index (χ3n) is 2.27. The SMILES string of the molecule is Cc1ccc(Oc2cc(Cl)nnc2Cl)c(C(=O)O)c1. The van der Waals surface area contributed by atoms with Crippen molar-refractivity contribution >= 4 is 29.2 Å². The first-order valence-electron chi connectivity index (χ1n) is 5.18. The maximum absolute atomic E-state index is 11.1. The van der Waals surface area contributed by atoms with Gasteiger partial charge >= 0.3 is 5.97 Å². The summed E-state index contributed by atoms with van der Waals surface area (Å²) >= 11 is 11.5. The van der Waals surface area contributed by atoms with Crippen molar-refractivity contribution in [2.75, 3.05) is 0 Å². The van der Waals surface area contributed by atoms with Crippen molar-refractivity contribution in [3.63, 3.8) is 0 Å². The van der Waals surface area contributed by atoms with Crippen LogP contribution in [-0.4, -0.2) is 21.3 Å². The van der Waals surface area contributed by atoms with E-state index in [4.69, 9.17) is 33.0 Å². The molecule has 1 aromatic heterocycles. The van der Waals surface area contributed by atoms with Crippen LogP contribution in [-0.2, 0) is 0 Å². The average molecular weight is 299 g/mol. The van der Waals surface area contributed by atoms with Crippen LogP contribution < -0.4 is 4.74 Å². The third-order valence-corrected chi connectivity index (χ3v) is 2.72. The number of aryl methyl sites for hydroxylation is 1. The Bertz CT molecular complexity index is 647. The molecule has 1 aromatic carbocycles. The molecule has 0 fully saturated rings. The van der Waals surface area contributed by atoms with E-state index in [2.05, 4.69) is 10.2 Å². The number of carboxylic acids is 1. The Balaban J connectivity index is 2.43. The third kappa shape index (κ3) is 3.13. The second-order valence-electron chi connectivity index (χ2n) is 3.73. The number of rotatable bonds is 3. The molecule has 0 spiro atoms. The number of aromatic carboxylic acids is 1. The van der Waals surface area contributed by atoms with Crippen LogP contribution in [0.1, 0.15) is 15.9 Å². The molecule has 7 heteroatoms. The number of carboxylic acid groups (broad SMARTS) is 1. The number of halogens is 2. The molecule has 0 saturated carbocycles. The van der Waals surface area contributed by atoms with Crippen LogP contribution in [0, 0.1) is 6.92 Å². The van der Waals surface area contributed by atoms with Gasteiger partial charge in [0.05, 0.1) is 0 Å². The van der Waals surface area contributed by atoms with Gasteiger partial charge < -0.3 is 9.84 Å². The predicted octanol–water partition coefficient (Wildman–Crippen LogP) is 3.58. The number of hydrogen-bond donors (Lipinski definition) is 1. The van der Waals surface area contributed by atoms with Gasteiger partial charge in [-0.05, 0) is 19.1 Å². The van der Waals surface area contributed by atoms with Crippen molar-refractivity contribution in [1.82, 2.24) is 10.2 Å². The van der Waals surface area contributed by atoms with Gasteiger partial charge in [0.25, 0.3) is 0 Å². The van der Waals surface area contributed by atoms with E-state index in [1.54, 1.807) is 19.1 Å². The van der Waals surface area contributed by atoms with Crippen LogP contribution in [0.4, 0.5) is 0 Å². The van der Waals surface area contributed by atoms with Crippen LogP contribution in [0.2, 0.25) is 10.3 Å². The minimum atomic E-state index is -1.09. The summed E-state index contributed by atoms with van der Waals surface area (Å²) in [4.78, 5) is 11.1. The lowest BCUT2D eigenvalue weighted by atomic mass is 10.1. The fourth-order valence-electron chi connectivity index (χ4n) is 1.43. The van der Waals surface area contributed by atoms with E-state index < -0.39 is 5.97 Å². The number of aromatic nitrogens is 2. The zero-order chi connectivity index (χ0) is 14.0. The molecule has 1 N–H and O–H groups in total. The fourth-order valence-corrected chi connectivity index (χ4v) is 1.70. The van der Waals surface area contributed by atoms with Crippen molar-refractivity contribution in [3.8, 4) is 11.5 Å². The van der Waals surface area contributed by atoms with E-state index >= 15 is 0 Å². The van der Waals surface area contributed by atoms with Gasteiger partial charge in [-0.3, -0.25) is 0 Å². The van der Waals surface area contributed by atoms with Gasteiger partial charge in [0, 0.05) is 6.07 Å². The molecule has 2 aromatic rings. The molecule has 0 aliphatic heterocycles. The van der Waals surface area contributed by atoms with Crippen molar-refractivity contribution in [1.29, 1.82) is 0 Å². The Labute approximate surface area is 118 Å². The van der Waals surface area contributed by atoms with Crippen LogP contribution >= 0.6 is 23.2 Å². The number of nitrogens with zero attached hydrogens (tertiary/aromatic N) is 2. The van der Waals surface area contributed by atoms with Gasteiger partial charge in [0.1, 0.15) is 11.3 Å². The van der Waals surface area contributed by atoms with Gasteiger partial charge in [-0.15, -0.1) is 10.2 Å². The number of ether oxygens (including phenoxy) is 1. The predicted molar refractivity (Wildman–Crippen MR) is 70.3 cm³/mol. The molecule has 2 rings (SSSR count). The topological polar surface area (TPSA) is 72.3 Å². The summed E-state index contributed by atoms with van der Waals surface area (Å²) in [6.45, 7) is 1.79. The lowest BCUT2D eigenvalue weighted by Gasteiger charge is -2.10. The molecular weight excluding hydrogens is 291 g/mol. The standard InChI is InChI=1S/C12H8Cl2N2O3/c1-6-2-3-8(7(4-6)12(17)18)19-9-5-10(13)15-16-11(9)14/h2-5H,1H3,(H,17,18). The minimum Gasteiger partial charge on any atom is -0.478 e. The first-order valence-corrected chi connectivity index (χ1v) is 5.93. The van der Waals surface area contributed by atoms with Gasteiger partial charge in [0.15, 0.2) is 16.1 Å². The maximum Gasteiger partial charge on any atom is 0.339 e. The summed E-state index contributed by atoms with van der Waals surface area (Å²) in [5, 5.41) is 16.3. The maximum atomic E-state index is 11.1. The molecule has 5 nitrogen and oxygen atoms in total. The molecule has 1 heterocycles. The first kappa shape index (κ1) is 13.6. The molecule has 98 valence electrons. The van der Waals surface area contributed by atoms with Crippen molar-refractivity contribution in [2.45, 2.75) is 6.92 Å². The summed E-state index contributed by atoms with van der Waals surface area (Å²) in [5.74, 6) is -0.792. The molecule has 0 aliphatic rings. The highest BCUT2D eigenvalue weighted by molar-refractivity contribution is 6.32. The average Bonchev–Trinajstić information content (AvgIpc) is 2.35. The Morgan fingerprint density at radius 3 is 2.63 bits per heavy atom. The summed E-state index contributed by atoms with van der Waals surface area (Å²) in [6, 6.07) is 6.14. The van der Waals surface area contributed by atoms with Crippen molar-refractivity contribution in [3.05, 3.63) is 45.7 Å². The van der Waals surface area contributed by atoms with Crippen molar-refractivity contribution < 1.29 is 14.6 Å². The first-order chi connectivity index (χ1) is 8.97. The molecule has 0 amide bonds. The second kappa shape index (κ2) is 5.42. The smallest absolute Gasteiger partial charge is 0.339 e. The van der Waals surface area contributed by atoms with Crippen molar-refractivity contribution in [2.24, 2.45) is 0 Å². The zero-order valence-electron chi connectivity index (χ0n) is 9.72. The van der Waals surface area contributed by atoms with Gasteiger partial charge in [-0.1, -0.05) is 34.8 Å². The lowest BCUT2D eigenvalue weighted by Crippen LogP contribution is -2.01. The van der Waals surface area contributed by atoms with Crippen LogP contribution in [0.3, 0.4) is 0 Å². The number of hydrogen-bond acceptors (Lipinski definition) is 4. The quantitative estimate of drug-likeness (QED) is 0.937. The van der Waals surface area contributed by atoms with Gasteiger partial charge in [-0.25, -0.2) is 4.79 Å². The summed E-state index contributed by atoms with van der Waals surface area (Å²) in [6.07, 6.45) is 0. The fraction of sp³-hybridized carbons (Fsp3) is 0.0833. The Morgan fingerprint density at radius 1 is 1.21 bits per heavy atom. The largest absolute Gasteiger partial charge is 0.478 e. The van der Waals surface area contributed by atoms with E-state index in [-0.39, 0.29) is 27.4 Å². The molecule has 0 bridgehead atoms. The van der Waals surface area contributed by atoms with Gasteiger partial charge in [-0.2, -0.15) is 0 Å². The van der Waals surface area contributed by atoms with Gasteiger partial charge in [0.2, 0.25) is 0 Å². The summed E-state index contributed by atoms with van der Waals surface area (Å²) in [7, 11) is 0. The van der Waals surface area contributed by atoms with E-state index in [1.165, 1.54) is 12.1 Å². The molecule has 0 radical (unpaired) electrons. The summed E-state index contributed by atoms with van der Waals surface area (Å²) in [5.41, 5.74) is 0.839. The molecule has 0 aliphatic carbocycles. The molecule has 19 heavy (non-hydrogen) atoms. The second-order valence-corrected chi connectivity index (χ2v) is 4.47. The zero-order valence-corrected chi connectivity index (χ0v) is 11.2. The van der Waals surface area contributed by atoms with E-state index in [9.17, 15) is 4.79 Å². The normalized spacial score (nSPS) is 10.3. The Morgan fingerprint density at radius 2 is 1.95 bits per heavy atom. The Kier molecular flexibility index (Phi) is 3.87. The highest BCUT2D eigenvalue weighted by atomic mass is 35.5. The number of carbonyl (C=O) groups is 1. The summed E-state index contributed by atoms with van der Waals surface area (Å²) < 4.78 is 5.44. The monoisotopic (exact) mass is 298 g/mol. The molecule has 0 atom stereocenters. The van der Waals surface area contributed by atoms with Crippen LogP contribution in [0.15, 0.2) is 24.3 Å². The number of benzene rings is 1. The van der Waals surface area contributed by atoms with Crippen LogP contribution in [0.25, 0.3) is 0 Å². The van der Waals surface area contributed by atoms with Crippen LogP contribution in [0.5, 0.6) is 11.5 Å². The lowest BCUT2D eigenvalue weighted by molar-refractivity contribution is 0.0694. The molecule has 0 unspecified atom stereocenters. The van der Waals surface area contributed by atoms with E-state index in [0.717, 1.165) is 5.56 Å². The Hall–Kier alpha value is -1.85. The molecular formula is C12H8Cl2N2O3.